The Morgan fingerprint density at radius 3 is 2.48 bits per heavy atom. The number of rotatable bonds is 5. The number of carbonyl (C=O) groups excluding carboxylic acids is 1. The number of hydrogen-bond acceptors (Lipinski definition) is 5. The number of hydrogen-bond donors (Lipinski definition) is 1. The predicted molar refractivity (Wildman–Crippen MR) is 119 cm³/mol. The van der Waals surface area contributed by atoms with Crippen molar-refractivity contribution in [3.8, 4) is 5.75 Å². The maximum absolute atomic E-state index is 13.1. The van der Waals surface area contributed by atoms with Crippen LogP contribution in [0.3, 0.4) is 0 Å². The highest BCUT2D eigenvalue weighted by atomic mass is 32.2. The van der Waals surface area contributed by atoms with E-state index in [4.69, 9.17) is 9.47 Å². The molecule has 0 bridgehead atoms. The van der Waals surface area contributed by atoms with Crippen molar-refractivity contribution in [3.63, 3.8) is 0 Å². The number of amides is 1. The van der Waals surface area contributed by atoms with Crippen LogP contribution in [0.5, 0.6) is 5.75 Å². The summed E-state index contributed by atoms with van der Waals surface area (Å²) < 4.78 is 37.4. The molecule has 1 N–H and O–H groups in total. The molecule has 7 nitrogen and oxygen atoms in total. The van der Waals surface area contributed by atoms with E-state index in [1.165, 1.54) is 16.1 Å². The summed E-state index contributed by atoms with van der Waals surface area (Å²) in [6, 6.07) is 17.1. The molecule has 0 saturated carbocycles. The van der Waals surface area contributed by atoms with Crippen LogP contribution in [0.2, 0.25) is 0 Å². The predicted octanol–water partition coefficient (Wildman–Crippen LogP) is 2.47. The van der Waals surface area contributed by atoms with E-state index in [0.717, 1.165) is 12.8 Å². The summed E-state index contributed by atoms with van der Waals surface area (Å²) in [5.74, 6) is 0.168. The minimum absolute atomic E-state index is 0.184. The quantitative estimate of drug-likeness (QED) is 0.766. The van der Waals surface area contributed by atoms with Gasteiger partial charge in [-0.3, -0.25) is 9.10 Å². The van der Waals surface area contributed by atoms with Crippen molar-refractivity contribution in [2.75, 3.05) is 36.9 Å². The van der Waals surface area contributed by atoms with Crippen molar-refractivity contribution in [2.45, 2.75) is 30.8 Å². The zero-order valence-electron chi connectivity index (χ0n) is 17.6. The lowest BCUT2D eigenvalue weighted by Crippen LogP contribution is -2.48. The van der Waals surface area contributed by atoms with Crippen molar-refractivity contribution in [1.29, 1.82) is 0 Å². The van der Waals surface area contributed by atoms with Crippen molar-refractivity contribution < 1.29 is 22.7 Å². The monoisotopic (exact) mass is 444 g/mol. The number of nitrogens with one attached hydrogen (secondary N) is 1. The lowest BCUT2D eigenvalue weighted by Gasteiger charge is -2.38. The summed E-state index contributed by atoms with van der Waals surface area (Å²) in [5, 5.41) is 3.09. The molecule has 1 fully saturated rings. The second-order valence-corrected chi connectivity index (χ2v) is 10.1. The number of nitrogens with zero attached hydrogens (tertiary/aromatic N) is 1. The molecule has 2 aliphatic heterocycles. The molecule has 8 heteroatoms. The Bertz CT molecular complexity index is 1020. The topological polar surface area (TPSA) is 84.9 Å². The summed E-state index contributed by atoms with van der Waals surface area (Å²) in [6.45, 7) is 1.98. The first-order valence-corrected chi connectivity index (χ1v) is 12.4. The fourth-order valence-electron chi connectivity index (χ4n) is 4.35. The molecule has 1 unspecified atom stereocenters. The Kier molecular flexibility index (Phi) is 6.20. The molecule has 4 rings (SSSR count). The molecule has 2 heterocycles. The van der Waals surface area contributed by atoms with E-state index >= 15 is 0 Å². The Balaban J connectivity index is 1.51. The Morgan fingerprint density at radius 1 is 1.10 bits per heavy atom. The first-order valence-electron chi connectivity index (χ1n) is 10.5. The first kappa shape index (κ1) is 21.6. The van der Waals surface area contributed by atoms with Crippen LogP contribution < -0.4 is 14.4 Å². The minimum atomic E-state index is -3.48. The SMILES string of the molecule is CS(=O)(=O)N1CCC(C(=O)NCC2(c3ccccc3)CCOCC2)Oc2ccccc21. The highest BCUT2D eigenvalue weighted by Gasteiger charge is 2.36. The third kappa shape index (κ3) is 4.70. The molecule has 0 radical (unpaired) electrons. The number of ether oxygens (including phenoxy) is 2. The number of anilines is 1. The molecule has 2 aromatic rings. The van der Waals surface area contributed by atoms with Gasteiger partial charge in [-0.15, -0.1) is 0 Å². The van der Waals surface area contributed by atoms with Crippen LogP contribution in [0, 0.1) is 0 Å². The zero-order valence-corrected chi connectivity index (χ0v) is 18.4. The van der Waals surface area contributed by atoms with E-state index in [0.29, 0.717) is 31.2 Å². The Labute approximate surface area is 183 Å². The third-order valence-corrected chi connectivity index (χ3v) is 7.31. The average molecular weight is 445 g/mol. The van der Waals surface area contributed by atoms with Crippen molar-refractivity contribution >= 4 is 21.6 Å². The van der Waals surface area contributed by atoms with Gasteiger partial charge in [-0.05, 0) is 30.5 Å². The van der Waals surface area contributed by atoms with Crippen LogP contribution in [0.1, 0.15) is 24.8 Å². The van der Waals surface area contributed by atoms with Crippen molar-refractivity contribution in [3.05, 3.63) is 60.2 Å². The van der Waals surface area contributed by atoms with Gasteiger partial charge in [-0.25, -0.2) is 8.42 Å². The largest absolute Gasteiger partial charge is 0.478 e. The molecule has 1 amide bonds. The first-order chi connectivity index (χ1) is 14.9. The summed E-state index contributed by atoms with van der Waals surface area (Å²) >= 11 is 0. The smallest absolute Gasteiger partial charge is 0.261 e. The maximum atomic E-state index is 13.1. The molecule has 2 aliphatic rings. The molecular weight excluding hydrogens is 416 g/mol. The lowest BCUT2D eigenvalue weighted by molar-refractivity contribution is -0.128. The van der Waals surface area contributed by atoms with E-state index < -0.39 is 16.1 Å². The summed E-state index contributed by atoms with van der Waals surface area (Å²) in [7, 11) is -3.48. The van der Waals surface area contributed by atoms with Crippen LogP contribution in [0.4, 0.5) is 5.69 Å². The highest BCUT2D eigenvalue weighted by Crippen LogP contribution is 2.35. The standard InChI is InChI=1S/C23H28N2O5S/c1-31(27,28)25-14-11-21(30-20-10-6-5-9-19(20)25)22(26)24-17-23(12-15-29-16-13-23)18-7-3-2-4-8-18/h2-10,21H,11-17H2,1H3,(H,24,26). The second-order valence-electron chi connectivity index (χ2n) is 8.17. The second kappa shape index (κ2) is 8.88. The maximum Gasteiger partial charge on any atom is 0.261 e. The number of benzene rings is 2. The molecule has 1 saturated heterocycles. The molecule has 166 valence electrons. The zero-order chi connectivity index (χ0) is 21.9. The van der Waals surface area contributed by atoms with Gasteiger partial charge in [0.15, 0.2) is 6.10 Å². The summed E-state index contributed by atoms with van der Waals surface area (Å²) in [5.41, 5.74) is 1.47. The van der Waals surface area contributed by atoms with Gasteiger partial charge in [0.25, 0.3) is 5.91 Å². The van der Waals surface area contributed by atoms with Crippen molar-refractivity contribution in [2.24, 2.45) is 0 Å². The van der Waals surface area contributed by atoms with Crippen LogP contribution in [0.15, 0.2) is 54.6 Å². The van der Waals surface area contributed by atoms with Gasteiger partial charge in [0, 0.05) is 38.1 Å². The molecule has 2 aromatic carbocycles. The molecule has 0 spiro atoms. The molecule has 0 aromatic heterocycles. The van der Waals surface area contributed by atoms with Crippen LogP contribution in [0.25, 0.3) is 0 Å². The minimum Gasteiger partial charge on any atom is -0.478 e. The van der Waals surface area contributed by atoms with Gasteiger partial charge in [-0.1, -0.05) is 42.5 Å². The van der Waals surface area contributed by atoms with Gasteiger partial charge in [0.1, 0.15) is 5.75 Å². The van der Waals surface area contributed by atoms with E-state index in [1.54, 1.807) is 24.3 Å². The van der Waals surface area contributed by atoms with E-state index in [2.05, 4.69) is 17.4 Å². The molecule has 31 heavy (non-hydrogen) atoms. The normalized spacial score (nSPS) is 20.8. The van der Waals surface area contributed by atoms with E-state index in [1.807, 2.05) is 18.2 Å². The van der Waals surface area contributed by atoms with Crippen LogP contribution in [-0.2, 0) is 25.0 Å². The number of fused-ring (bicyclic) bond motifs is 1. The van der Waals surface area contributed by atoms with Gasteiger partial charge >= 0.3 is 0 Å². The lowest BCUT2D eigenvalue weighted by atomic mass is 9.74. The number of sulfonamides is 1. The van der Waals surface area contributed by atoms with Gasteiger partial charge < -0.3 is 14.8 Å². The fourth-order valence-corrected chi connectivity index (χ4v) is 5.30. The molecule has 1 atom stereocenters. The molecular formula is C23H28N2O5S. The van der Waals surface area contributed by atoms with Gasteiger partial charge in [-0.2, -0.15) is 0 Å². The highest BCUT2D eigenvalue weighted by molar-refractivity contribution is 7.92. The summed E-state index contributed by atoms with van der Waals surface area (Å²) in [6.07, 6.45) is 2.33. The van der Waals surface area contributed by atoms with E-state index in [-0.39, 0.29) is 24.3 Å². The van der Waals surface area contributed by atoms with Gasteiger partial charge in [0.2, 0.25) is 10.0 Å². The number of para-hydroxylation sites is 2. The number of carbonyl (C=O) groups is 1. The van der Waals surface area contributed by atoms with Crippen LogP contribution >= 0.6 is 0 Å². The van der Waals surface area contributed by atoms with Gasteiger partial charge in [0.05, 0.1) is 11.9 Å². The molecule has 0 aliphatic carbocycles. The fraction of sp³-hybridized carbons (Fsp3) is 0.435. The Hall–Kier alpha value is -2.58. The van der Waals surface area contributed by atoms with Crippen molar-refractivity contribution in [1.82, 2.24) is 5.32 Å². The summed E-state index contributed by atoms with van der Waals surface area (Å²) in [4.78, 5) is 13.1. The van der Waals surface area contributed by atoms with E-state index in [9.17, 15) is 13.2 Å². The third-order valence-electron chi connectivity index (χ3n) is 6.13. The Morgan fingerprint density at radius 2 is 1.77 bits per heavy atom. The average Bonchev–Trinajstić information content (AvgIpc) is 2.98. The van der Waals surface area contributed by atoms with Crippen LogP contribution in [-0.4, -0.2) is 53.0 Å².